The van der Waals surface area contributed by atoms with Crippen LogP contribution in [0.1, 0.15) is 32.9 Å². The van der Waals surface area contributed by atoms with E-state index in [1.165, 1.54) is 11.3 Å². The number of rotatable bonds is 4. The summed E-state index contributed by atoms with van der Waals surface area (Å²) < 4.78 is 0. The number of likely N-dealkylation sites (tertiary alicyclic amines) is 1. The van der Waals surface area contributed by atoms with Crippen molar-refractivity contribution in [1.29, 1.82) is 0 Å². The van der Waals surface area contributed by atoms with Gasteiger partial charge >= 0.3 is 0 Å². The summed E-state index contributed by atoms with van der Waals surface area (Å²) in [7, 11) is 0. The van der Waals surface area contributed by atoms with E-state index in [9.17, 15) is 9.59 Å². The molecule has 23 heavy (non-hydrogen) atoms. The summed E-state index contributed by atoms with van der Waals surface area (Å²) in [6, 6.07) is 9.36. The number of thiophene rings is 1. The maximum absolute atomic E-state index is 12.6. The number of nitrogens with zero attached hydrogens (tertiary/aromatic N) is 1. The summed E-state index contributed by atoms with van der Waals surface area (Å²) in [5.41, 5.74) is 13.6. The van der Waals surface area contributed by atoms with E-state index in [-0.39, 0.29) is 11.9 Å². The van der Waals surface area contributed by atoms with Crippen molar-refractivity contribution in [3.8, 4) is 11.1 Å². The number of hydrogen-bond acceptors (Lipinski definition) is 4. The first-order valence-electron chi connectivity index (χ1n) is 7.60. The summed E-state index contributed by atoms with van der Waals surface area (Å²) in [5, 5.41) is 1.89. The van der Waals surface area contributed by atoms with Gasteiger partial charge in [-0.15, -0.1) is 11.3 Å². The van der Waals surface area contributed by atoms with Gasteiger partial charge < -0.3 is 16.4 Å². The molecule has 2 heterocycles. The largest absolute Gasteiger partial charge is 0.365 e. The van der Waals surface area contributed by atoms with Gasteiger partial charge in [-0.1, -0.05) is 12.1 Å². The van der Waals surface area contributed by atoms with Crippen LogP contribution in [0.15, 0.2) is 35.7 Å². The van der Waals surface area contributed by atoms with Crippen LogP contribution in [0.4, 0.5) is 0 Å². The third-order valence-corrected chi connectivity index (χ3v) is 5.16. The van der Waals surface area contributed by atoms with Crippen molar-refractivity contribution in [2.45, 2.75) is 18.9 Å². The molecule has 2 amide bonds. The van der Waals surface area contributed by atoms with Gasteiger partial charge in [-0.25, -0.2) is 0 Å². The van der Waals surface area contributed by atoms with Gasteiger partial charge in [0, 0.05) is 24.7 Å². The summed E-state index contributed by atoms with van der Waals surface area (Å²) in [5.74, 6) is -0.387. The highest BCUT2D eigenvalue weighted by molar-refractivity contribution is 7.12. The molecule has 5 nitrogen and oxygen atoms in total. The van der Waals surface area contributed by atoms with Gasteiger partial charge in [-0.3, -0.25) is 9.59 Å². The first-order chi connectivity index (χ1) is 11.1. The molecule has 3 rings (SSSR count). The Labute approximate surface area is 138 Å². The summed E-state index contributed by atoms with van der Waals surface area (Å²) in [6.45, 7) is 1.28. The Bertz CT molecular complexity index is 724. The zero-order valence-electron chi connectivity index (χ0n) is 12.7. The molecule has 0 radical (unpaired) electrons. The van der Waals surface area contributed by atoms with Crippen molar-refractivity contribution in [2.75, 3.05) is 13.1 Å². The van der Waals surface area contributed by atoms with Crippen molar-refractivity contribution >= 4 is 23.2 Å². The van der Waals surface area contributed by atoms with Crippen molar-refractivity contribution < 1.29 is 9.59 Å². The summed E-state index contributed by atoms with van der Waals surface area (Å²) in [6.07, 6.45) is 1.99. The molecule has 4 N–H and O–H groups in total. The van der Waals surface area contributed by atoms with Crippen LogP contribution in [-0.2, 0) is 0 Å². The van der Waals surface area contributed by atoms with Gasteiger partial charge in [0.1, 0.15) is 0 Å². The van der Waals surface area contributed by atoms with Crippen LogP contribution < -0.4 is 11.5 Å². The second kappa shape index (κ2) is 6.52. The molecular weight excluding hydrogens is 310 g/mol. The zero-order chi connectivity index (χ0) is 16.4. The van der Waals surface area contributed by atoms with E-state index in [1.54, 1.807) is 6.07 Å². The average molecular weight is 329 g/mol. The van der Waals surface area contributed by atoms with E-state index in [1.807, 2.05) is 34.5 Å². The number of primary amides is 1. The molecule has 120 valence electrons. The maximum atomic E-state index is 12.6. The highest BCUT2D eigenvalue weighted by Crippen LogP contribution is 2.26. The molecular formula is C17H19N3O2S. The SMILES string of the molecule is NCC1CCCN1C(=O)c1ccc(-c2csc(C(N)=O)c2)cc1. The normalized spacial score (nSPS) is 17.4. The smallest absolute Gasteiger partial charge is 0.258 e. The fraction of sp³-hybridized carbons (Fsp3) is 0.294. The van der Waals surface area contributed by atoms with Gasteiger partial charge in [0.15, 0.2) is 0 Å². The van der Waals surface area contributed by atoms with Crippen LogP contribution in [0.2, 0.25) is 0 Å². The highest BCUT2D eigenvalue weighted by Gasteiger charge is 2.28. The fourth-order valence-corrected chi connectivity index (χ4v) is 3.71. The number of hydrogen-bond donors (Lipinski definition) is 2. The molecule has 1 aliphatic heterocycles. The Morgan fingerprint density at radius 3 is 2.57 bits per heavy atom. The van der Waals surface area contributed by atoms with E-state index in [4.69, 9.17) is 11.5 Å². The van der Waals surface area contributed by atoms with Crippen LogP contribution in [-0.4, -0.2) is 35.8 Å². The first-order valence-corrected chi connectivity index (χ1v) is 8.48. The highest BCUT2D eigenvalue weighted by atomic mass is 32.1. The molecule has 1 fully saturated rings. The van der Waals surface area contributed by atoms with Gasteiger partial charge in [-0.05, 0) is 47.5 Å². The summed E-state index contributed by atoms with van der Waals surface area (Å²) >= 11 is 1.32. The molecule has 1 aromatic heterocycles. The molecule has 6 heteroatoms. The van der Waals surface area contributed by atoms with E-state index in [0.29, 0.717) is 17.0 Å². The zero-order valence-corrected chi connectivity index (χ0v) is 13.5. The lowest BCUT2D eigenvalue weighted by molar-refractivity contribution is 0.0741. The molecule has 2 aromatic rings. The first kappa shape index (κ1) is 15.7. The maximum Gasteiger partial charge on any atom is 0.258 e. The van der Waals surface area contributed by atoms with E-state index in [0.717, 1.165) is 30.5 Å². The molecule has 0 saturated carbocycles. The van der Waals surface area contributed by atoms with Gasteiger partial charge in [0.05, 0.1) is 4.88 Å². The number of nitrogens with two attached hydrogens (primary N) is 2. The molecule has 0 bridgehead atoms. The van der Waals surface area contributed by atoms with Crippen molar-refractivity contribution in [3.63, 3.8) is 0 Å². The predicted molar refractivity (Wildman–Crippen MR) is 91.4 cm³/mol. The second-order valence-electron chi connectivity index (χ2n) is 5.67. The number of carbonyl (C=O) groups is 2. The number of carbonyl (C=O) groups excluding carboxylic acids is 2. The van der Waals surface area contributed by atoms with E-state index >= 15 is 0 Å². The molecule has 0 aliphatic carbocycles. The Hall–Kier alpha value is -2.18. The average Bonchev–Trinajstić information content (AvgIpc) is 3.23. The van der Waals surface area contributed by atoms with Gasteiger partial charge in [-0.2, -0.15) is 0 Å². The van der Waals surface area contributed by atoms with Crippen molar-refractivity contribution in [3.05, 3.63) is 46.2 Å². The molecule has 0 spiro atoms. The van der Waals surface area contributed by atoms with Crippen molar-refractivity contribution in [2.24, 2.45) is 11.5 Å². The number of amides is 2. The van der Waals surface area contributed by atoms with E-state index in [2.05, 4.69) is 0 Å². The van der Waals surface area contributed by atoms with Gasteiger partial charge in [0.25, 0.3) is 11.8 Å². The second-order valence-corrected chi connectivity index (χ2v) is 6.58. The lowest BCUT2D eigenvalue weighted by atomic mass is 10.1. The molecule has 1 aliphatic rings. The Morgan fingerprint density at radius 2 is 1.96 bits per heavy atom. The standard InChI is InChI=1S/C17H19N3O2S/c18-9-14-2-1-7-20(14)17(22)12-5-3-11(4-6-12)13-8-15(16(19)21)23-10-13/h3-6,8,10,14H,1-2,7,9,18H2,(H2,19,21). The lowest BCUT2D eigenvalue weighted by Gasteiger charge is -2.23. The van der Waals surface area contributed by atoms with Crippen LogP contribution in [0.3, 0.4) is 0 Å². The van der Waals surface area contributed by atoms with Crippen molar-refractivity contribution in [1.82, 2.24) is 4.90 Å². The lowest BCUT2D eigenvalue weighted by Crippen LogP contribution is -2.39. The predicted octanol–water partition coefficient (Wildman–Crippen LogP) is 2.08. The Kier molecular flexibility index (Phi) is 4.45. The Balaban J connectivity index is 1.78. The third kappa shape index (κ3) is 3.13. The molecule has 1 unspecified atom stereocenters. The van der Waals surface area contributed by atoms with Crippen LogP contribution >= 0.6 is 11.3 Å². The topological polar surface area (TPSA) is 89.4 Å². The fourth-order valence-electron chi connectivity index (χ4n) is 2.94. The minimum atomic E-state index is -0.421. The monoisotopic (exact) mass is 329 g/mol. The molecule has 1 atom stereocenters. The third-order valence-electron chi connectivity index (χ3n) is 4.22. The Morgan fingerprint density at radius 1 is 1.22 bits per heavy atom. The molecule has 1 saturated heterocycles. The quantitative estimate of drug-likeness (QED) is 0.900. The minimum Gasteiger partial charge on any atom is -0.365 e. The minimum absolute atomic E-state index is 0.0349. The van der Waals surface area contributed by atoms with Crippen LogP contribution in [0, 0.1) is 0 Å². The molecule has 1 aromatic carbocycles. The number of benzene rings is 1. The van der Waals surface area contributed by atoms with Crippen LogP contribution in [0.25, 0.3) is 11.1 Å². The summed E-state index contributed by atoms with van der Waals surface area (Å²) in [4.78, 5) is 26.1. The van der Waals surface area contributed by atoms with E-state index < -0.39 is 5.91 Å². The van der Waals surface area contributed by atoms with Crippen LogP contribution in [0.5, 0.6) is 0 Å². The van der Waals surface area contributed by atoms with Gasteiger partial charge in [0.2, 0.25) is 0 Å².